The van der Waals surface area contributed by atoms with Crippen LogP contribution in [0.5, 0.6) is 0 Å². The number of rotatable bonds is 35. The van der Waals surface area contributed by atoms with Gasteiger partial charge in [-0.3, -0.25) is 47.9 Å². The molecule has 0 aromatic carbocycles. The van der Waals surface area contributed by atoms with Crippen LogP contribution in [0.4, 0.5) is 0 Å². The number of amides is 6. The maximum Gasteiger partial charge on any atom is 0.303 e. The number of carbonyl (C=O) groups excluding carboxylic acids is 6. The summed E-state index contributed by atoms with van der Waals surface area (Å²) >= 11 is 0. The first-order valence-electron chi connectivity index (χ1n) is 19.5. The van der Waals surface area contributed by atoms with Crippen LogP contribution in [0.25, 0.3) is 0 Å². The van der Waals surface area contributed by atoms with Crippen molar-refractivity contribution in [2.24, 2.45) is 11.5 Å². The second-order valence-electron chi connectivity index (χ2n) is 13.6. The quantitative estimate of drug-likeness (QED) is 0.0321. The van der Waals surface area contributed by atoms with E-state index in [0.717, 1.165) is 0 Å². The second-order valence-corrected chi connectivity index (χ2v) is 13.6. The van der Waals surface area contributed by atoms with E-state index in [1.54, 1.807) is 0 Å². The Kier molecular flexibility index (Phi) is 28.7. The molecule has 0 rings (SSSR count). The average molecular weight is 831 g/mol. The standard InChI is InChI=1S/C36H62N8O14/c37-19-5-3-9-23(43-35(57)25(11-15-29(47)48)41-27(45)13-17-31(51)52)33(55)39-21-7-1-2-8-22-40-34(56)24(10-4-6-20-38)44-36(58)26(12-16-30(49)50)42-28(46)14-18-32(53)54/h23-26H,1-22,37-38H2,(H,39,55)(H,40,56)(H,41,45)(H,42,46)(H,43,57)(H,44,58)(H,47,48)(H,49,50)(H,51,52)(H,53,54)/t23-,24-,25-,26-/m0/s1. The number of hydrogen-bond donors (Lipinski definition) is 12. The zero-order chi connectivity index (χ0) is 43.9. The molecule has 0 aromatic rings. The van der Waals surface area contributed by atoms with E-state index in [4.69, 9.17) is 31.9 Å². The molecule has 0 heterocycles. The molecule has 58 heavy (non-hydrogen) atoms. The third kappa shape index (κ3) is 27.3. The first-order valence-corrected chi connectivity index (χ1v) is 19.5. The number of nitrogens with one attached hydrogen (secondary N) is 6. The monoisotopic (exact) mass is 830 g/mol. The SMILES string of the molecule is NCCCC[C@H](NC(=O)[C@H](CCC(=O)O)NC(=O)CCC(=O)O)C(=O)NCCCCCCNC(=O)[C@H](CCCCN)NC(=O)[C@H](CCC(=O)O)NC(=O)CCC(=O)O. The van der Waals surface area contributed by atoms with Gasteiger partial charge in [0.2, 0.25) is 35.4 Å². The van der Waals surface area contributed by atoms with E-state index in [1.807, 2.05) is 0 Å². The van der Waals surface area contributed by atoms with Gasteiger partial charge >= 0.3 is 23.9 Å². The Morgan fingerprint density at radius 3 is 1.00 bits per heavy atom. The molecule has 0 radical (unpaired) electrons. The third-order valence-corrected chi connectivity index (χ3v) is 8.59. The van der Waals surface area contributed by atoms with Crippen LogP contribution >= 0.6 is 0 Å². The molecule has 0 saturated carbocycles. The van der Waals surface area contributed by atoms with Gasteiger partial charge in [0.05, 0.1) is 12.8 Å². The van der Waals surface area contributed by atoms with Gasteiger partial charge in [-0.1, -0.05) is 12.8 Å². The predicted octanol–water partition coefficient (Wildman–Crippen LogP) is -1.56. The molecule has 0 unspecified atom stereocenters. The van der Waals surface area contributed by atoms with Gasteiger partial charge in [0.25, 0.3) is 0 Å². The van der Waals surface area contributed by atoms with Crippen molar-refractivity contribution in [1.82, 2.24) is 31.9 Å². The van der Waals surface area contributed by atoms with E-state index in [0.29, 0.717) is 64.5 Å². The largest absolute Gasteiger partial charge is 0.481 e. The summed E-state index contributed by atoms with van der Waals surface area (Å²) in [5.41, 5.74) is 11.2. The van der Waals surface area contributed by atoms with Crippen molar-refractivity contribution in [3.63, 3.8) is 0 Å². The first kappa shape index (κ1) is 52.6. The summed E-state index contributed by atoms with van der Waals surface area (Å²) in [6, 6.07) is -4.66. The van der Waals surface area contributed by atoms with E-state index < -0.39 is 122 Å². The number of carboxylic acid groups (broad SMARTS) is 4. The highest BCUT2D eigenvalue weighted by Crippen LogP contribution is 2.08. The van der Waals surface area contributed by atoms with Crippen LogP contribution in [0.15, 0.2) is 0 Å². The number of aliphatic carboxylic acids is 4. The van der Waals surface area contributed by atoms with E-state index in [-0.39, 0.29) is 38.8 Å². The Labute approximate surface area is 336 Å². The van der Waals surface area contributed by atoms with Gasteiger partial charge in [-0.05, 0) is 77.3 Å². The summed E-state index contributed by atoms with van der Waals surface area (Å²) in [6.07, 6.45) is 1.56. The van der Waals surface area contributed by atoms with Gasteiger partial charge in [0.15, 0.2) is 0 Å². The lowest BCUT2D eigenvalue weighted by atomic mass is 10.1. The van der Waals surface area contributed by atoms with Crippen LogP contribution in [0.1, 0.15) is 116 Å². The smallest absolute Gasteiger partial charge is 0.303 e. The first-order chi connectivity index (χ1) is 27.5. The molecule has 330 valence electrons. The van der Waals surface area contributed by atoms with Crippen molar-refractivity contribution >= 4 is 59.3 Å². The number of hydrogen-bond acceptors (Lipinski definition) is 12. The molecule has 0 fully saturated rings. The number of carboxylic acids is 4. The summed E-state index contributed by atoms with van der Waals surface area (Å²) in [5.74, 6) is -8.99. The number of carbonyl (C=O) groups is 10. The minimum atomic E-state index is -1.31. The van der Waals surface area contributed by atoms with E-state index in [9.17, 15) is 47.9 Å². The molecule has 0 aromatic heterocycles. The molecule has 0 aliphatic rings. The Morgan fingerprint density at radius 2 is 0.690 bits per heavy atom. The number of unbranched alkanes of at least 4 members (excludes halogenated alkanes) is 5. The molecular formula is C36H62N8O14. The van der Waals surface area contributed by atoms with Crippen molar-refractivity contribution in [3.05, 3.63) is 0 Å². The lowest BCUT2D eigenvalue weighted by molar-refractivity contribution is -0.140. The molecular weight excluding hydrogens is 768 g/mol. The fraction of sp³-hybridized carbons (Fsp3) is 0.722. The minimum Gasteiger partial charge on any atom is -0.481 e. The highest BCUT2D eigenvalue weighted by Gasteiger charge is 2.29. The highest BCUT2D eigenvalue weighted by atomic mass is 16.4. The molecule has 0 aliphatic heterocycles. The maximum atomic E-state index is 13.1. The minimum absolute atomic E-state index is 0.213. The van der Waals surface area contributed by atoms with Gasteiger partial charge in [-0.15, -0.1) is 0 Å². The fourth-order valence-corrected chi connectivity index (χ4v) is 5.39. The summed E-state index contributed by atoms with van der Waals surface area (Å²) in [7, 11) is 0. The molecule has 0 aliphatic carbocycles. The van der Waals surface area contributed by atoms with Crippen molar-refractivity contribution in [2.45, 2.75) is 140 Å². The third-order valence-electron chi connectivity index (χ3n) is 8.59. The molecule has 22 heteroatoms. The lowest BCUT2D eigenvalue weighted by Gasteiger charge is -2.23. The van der Waals surface area contributed by atoms with Crippen LogP contribution in [-0.4, -0.2) is 130 Å². The predicted molar refractivity (Wildman–Crippen MR) is 206 cm³/mol. The molecule has 22 nitrogen and oxygen atoms in total. The Bertz CT molecular complexity index is 1270. The molecule has 0 bridgehead atoms. The number of nitrogens with two attached hydrogens (primary N) is 2. The van der Waals surface area contributed by atoms with Crippen molar-refractivity contribution in [3.8, 4) is 0 Å². The topological polar surface area (TPSA) is 376 Å². The molecule has 4 atom stereocenters. The van der Waals surface area contributed by atoms with Gasteiger partial charge in [0.1, 0.15) is 24.2 Å². The maximum absolute atomic E-state index is 13.1. The van der Waals surface area contributed by atoms with Crippen LogP contribution < -0.4 is 43.4 Å². The molecule has 14 N–H and O–H groups in total. The van der Waals surface area contributed by atoms with E-state index in [1.165, 1.54) is 0 Å². The summed E-state index contributed by atoms with van der Waals surface area (Å²) in [4.78, 5) is 121. The Hall–Kier alpha value is -5.38. The average Bonchev–Trinajstić information content (AvgIpc) is 3.16. The van der Waals surface area contributed by atoms with Gasteiger partial charge in [-0.25, -0.2) is 0 Å². The summed E-state index contributed by atoms with van der Waals surface area (Å²) < 4.78 is 0. The van der Waals surface area contributed by atoms with Crippen molar-refractivity contribution in [1.29, 1.82) is 0 Å². The molecule has 0 spiro atoms. The normalized spacial score (nSPS) is 12.8. The van der Waals surface area contributed by atoms with Gasteiger partial charge < -0.3 is 63.8 Å². The highest BCUT2D eigenvalue weighted by molar-refractivity contribution is 5.93. The Morgan fingerprint density at radius 1 is 0.362 bits per heavy atom. The van der Waals surface area contributed by atoms with Crippen LogP contribution in [0, 0.1) is 0 Å². The summed E-state index contributed by atoms with van der Waals surface area (Å²) in [5, 5.41) is 51.2. The fourth-order valence-electron chi connectivity index (χ4n) is 5.39. The Balaban J connectivity index is 5.14. The van der Waals surface area contributed by atoms with Crippen LogP contribution in [0.3, 0.4) is 0 Å². The lowest BCUT2D eigenvalue weighted by Crippen LogP contribution is -2.54. The van der Waals surface area contributed by atoms with Gasteiger partial charge in [-0.2, -0.15) is 0 Å². The van der Waals surface area contributed by atoms with Crippen molar-refractivity contribution < 1.29 is 68.4 Å². The van der Waals surface area contributed by atoms with Crippen LogP contribution in [0.2, 0.25) is 0 Å². The molecule has 6 amide bonds. The zero-order valence-corrected chi connectivity index (χ0v) is 32.9. The van der Waals surface area contributed by atoms with Crippen molar-refractivity contribution in [2.75, 3.05) is 26.2 Å². The second kappa shape index (κ2) is 31.7. The van der Waals surface area contributed by atoms with E-state index >= 15 is 0 Å². The van der Waals surface area contributed by atoms with Crippen LogP contribution in [-0.2, 0) is 47.9 Å². The van der Waals surface area contributed by atoms with Gasteiger partial charge in [0, 0.05) is 38.8 Å². The van der Waals surface area contributed by atoms with E-state index in [2.05, 4.69) is 31.9 Å². The zero-order valence-electron chi connectivity index (χ0n) is 32.9. The molecule has 0 saturated heterocycles. The summed E-state index contributed by atoms with van der Waals surface area (Å²) in [6.45, 7) is 1.18.